The van der Waals surface area contributed by atoms with Crippen molar-refractivity contribution in [1.29, 1.82) is 0 Å². The molecule has 0 unspecified atom stereocenters. The van der Waals surface area contributed by atoms with Gasteiger partial charge in [-0.05, 0) is 35.0 Å². The Hall–Kier alpha value is -1.04. The fourth-order valence-corrected chi connectivity index (χ4v) is 2.36. The highest BCUT2D eigenvalue weighted by atomic mass is 79.9. The molecular weight excluding hydrogens is 337 g/mol. The molecule has 0 amide bonds. The molecule has 6 heteroatoms. The Labute approximate surface area is 123 Å². The number of hydrogen-bond donors (Lipinski definition) is 1. The smallest absolute Gasteiger partial charge is 0.145 e. The molecule has 1 aromatic carbocycles. The van der Waals surface area contributed by atoms with Gasteiger partial charge in [0.25, 0.3) is 0 Å². The van der Waals surface area contributed by atoms with Crippen LogP contribution in [0.2, 0.25) is 5.02 Å². The van der Waals surface area contributed by atoms with Gasteiger partial charge in [0.2, 0.25) is 0 Å². The molecule has 2 aromatic rings. The highest BCUT2D eigenvalue weighted by molar-refractivity contribution is 9.10. The summed E-state index contributed by atoms with van der Waals surface area (Å²) in [6.07, 6.45) is 0. The molecule has 0 aliphatic heterocycles. The molecule has 0 spiro atoms. The van der Waals surface area contributed by atoms with Gasteiger partial charge in [0.05, 0.1) is 16.0 Å². The van der Waals surface area contributed by atoms with E-state index in [1.165, 1.54) is 12.1 Å². The van der Waals surface area contributed by atoms with E-state index in [1.54, 1.807) is 0 Å². The standard InChI is InChI=1S/C13H12BrClFNO2/c1-7-8(2-9(5-17)19-7)6-18-13-4-12(16)11(15)3-10(13)14/h2-4H,5-6,17H2,1H3. The lowest BCUT2D eigenvalue weighted by atomic mass is 10.2. The van der Waals surface area contributed by atoms with Crippen LogP contribution in [0.25, 0.3) is 0 Å². The van der Waals surface area contributed by atoms with Crippen molar-refractivity contribution in [3.05, 3.63) is 50.6 Å². The maximum Gasteiger partial charge on any atom is 0.145 e. The fourth-order valence-electron chi connectivity index (χ4n) is 1.60. The summed E-state index contributed by atoms with van der Waals surface area (Å²) in [6, 6.07) is 4.53. The van der Waals surface area contributed by atoms with Crippen molar-refractivity contribution < 1.29 is 13.5 Å². The minimum Gasteiger partial charge on any atom is -0.487 e. The van der Waals surface area contributed by atoms with Crippen LogP contribution in [0.5, 0.6) is 5.75 Å². The van der Waals surface area contributed by atoms with E-state index >= 15 is 0 Å². The van der Waals surface area contributed by atoms with Gasteiger partial charge in [0, 0.05) is 11.6 Å². The molecule has 2 rings (SSSR count). The number of nitrogens with two attached hydrogens (primary N) is 1. The lowest BCUT2D eigenvalue weighted by Gasteiger charge is -2.08. The Kier molecular flexibility index (Phi) is 4.50. The van der Waals surface area contributed by atoms with Crippen LogP contribution >= 0.6 is 27.5 Å². The Morgan fingerprint density at radius 1 is 1.42 bits per heavy atom. The van der Waals surface area contributed by atoms with Crippen LogP contribution in [0.15, 0.2) is 27.1 Å². The van der Waals surface area contributed by atoms with E-state index in [-0.39, 0.29) is 11.6 Å². The second kappa shape index (κ2) is 5.94. The van der Waals surface area contributed by atoms with Crippen LogP contribution in [0.1, 0.15) is 17.1 Å². The van der Waals surface area contributed by atoms with Crippen molar-refractivity contribution >= 4 is 27.5 Å². The largest absolute Gasteiger partial charge is 0.487 e. The van der Waals surface area contributed by atoms with E-state index < -0.39 is 5.82 Å². The van der Waals surface area contributed by atoms with E-state index in [9.17, 15) is 4.39 Å². The number of benzene rings is 1. The highest BCUT2D eigenvalue weighted by Gasteiger charge is 2.11. The van der Waals surface area contributed by atoms with Crippen LogP contribution in [0.4, 0.5) is 4.39 Å². The zero-order valence-corrected chi connectivity index (χ0v) is 12.5. The molecule has 3 nitrogen and oxygen atoms in total. The highest BCUT2D eigenvalue weighted by Crippen LogP contribution is 2.31. The Morgan fingerprint density at radius 2 is 2.16 bits per heavy atom. The number of rotatable bonds is 4. The van der Waals surface area contributed by atoms with Gasteiger partial charge in [-0.1, -0.05) is 11.6 Å². The zero-order chi connectivity index (χ0) is 14.0. The number of halogens is 3. The van der Waals surface area contributed by atoms with Crippen LogP contribution in [0.3, 0.4) is 0 Å². The molecule has 0 bridgehead atoms. The summed E-state index contributed by atoms with van der Waals surface area (Å²) in [4.78, 5) is 0. The lowest BCUT2D eigenvalue weighted by Crippen LogP contribution is -1.97. The summed E-state index contributed by atoms with van der Waals surface area (Å²) in [5.74, 6) is 1.30. The first-order chi connectivity index (χ1) is 9.01. The van der Waals surface area contributed by atoms with Crippen molar-refractivity contribution in [2.24, 2.45) is 5.73 Å². The minimum atomic E-state index is -0.522. The summed E-state index contributed by atoms with van der Waals surface area (Å²) >= 11 is 8.93. The van der Waals surface area contributed by atoms with E-state index in [1.807, 2.05) is 13.0 Å². The van der Waals surface area contributed by atoms with Gasteiger partial charge in [-0.25, -0.2) is 4.39 Å². The third-order valence-electron chi connectivity index (χ3n) is 2.63. The van der Waals surface area contributed by atoms with Crippen LogP contribution in [-0.4, -0.2) is 0 Å². The van der Waals surface area contributed by atoms with Crippen molar-refractivity contribution in [2.75, 3.05) is 0 Å². The quantitative estimate of drug-likeness (QED) is 0.843. The van der Waals surface area contributed by atoms with Gasteiger partial charge in [-0.2, -0.15) is 0 Å². The molecule has 0 aliphatic rings. The molecule has 1 heterocycles. The van der Waals surface area contributed by atoms with E-state index in [4.69, 9.17) is 26.5 Å². The molecule has 0 saturated heterocycles. The predicted octanol–water partition coefficient (Wildman–Crippen LogP) is 4.18. The van der Waals surface area contributed by atoms with Gasteiger partial charge < -0.3 is 14.9 Å². The average molecular weight is 349 g/mol. The Balaban J connectivity index is 2.14. The molecular formula is C13H12BrClFNO2. The predicted molar refractivity (Wildman–Crippen MR) is 74.8 cm³/mol. The fraction of sp³-hybridized carbons (Fsp3) is 0.231. The molecule has 0 radical (unpaired) electrons. The summed E-state index contributed by atoms with van der Waals surface area (Å²) in [6.45, 7) is 2.43. The first kappa shape index (κ1) is 14.4. The zero-order valence-electron chi connectivity index (χ0n) is 10.2. The third-order valence-corrected chi connectivity index (χ3v) is 3.54. The maximum atomic E-state index is 13.4. The number of furan rings is 1. The van der Waals surface area contributed by atoms with Crippen LogP contribution in [-0.2, 0) is 13.2 Å². The van der Waals surface area contributed by atoms with Gasteiger partial charge in [-0.3, -0.25) is 0 Å². The SMILES string of the molecule is Cc1oc(CN)cc1COc1cc(F)c(Cl)cc1Br. The van der Waals surface area contributed by atoms with E-state index in [0.29, 0.717) is 22.5 Å². The molecule has 19 heavy (non-hydrogen) atoms. The number of ether oxygens (including phenoxy) is 1. The molecule has 2 N–H and O–H groups in total. The third kappa shape index (κ3) is 3.29. The molecule has 0 saturated carbocycles. The molecule has 0 atom stereocenters. The first-order valence-corrected chi connectivity index (χ1v) is 6.74. The van der Waals surface area contributed by atoms with Gasteiger partial charge >= 0.3 is 0 Å². The summed E-state index contributed by atoms with van der Waals surface area (Å²) in [5.41, 5.74) is 6.37. The summed E-state index contributed by atoms with van der Waals surface area (Å²) in [7, 11) is 0. The van der Waals surface area contributed by atoms with Crippen molar-refractivity contribution in [2.45, 2.75) is 20.1 Å². The number of hydrogen-bond acceptors (Lipinski definition) is 3. The van der Waals surface area contributed by atoms with Gasteiger partial charge in [-0.15, -0.1) is 0 Å². The maximum absolute atomic E-state index is 13.4. The first-order valence-electron chi connectivity index (χ1n) is 5.57. The van der Waals surface area contributed by atoms with Gasteiger partial charge in [0.1, 0.15) is 29.7 Å². The number of aryl methyl sites for hydroxylation is 1. The Bertz CT molecular complexity index is 601. The second-order valence-corrected chi connectivity index (χ2v) is 5.25. The van der Waals surface area contributed by atoms with Crippen molar-refractivity contribution in [3.8, 4) is 5.75 Å². The van der Waals surface area contributed by atoms with E-state index in [2.05, 4.69) is 15.9 Å². The topological polar surface area (TPSA) is 48.4 Å². The van der Waals surface area contributed by atoms with Crippen molar-refractivity contribution in [3.63, 3.8) is 0 Å². The van der Waals surface area contributed by atoms with Crippen molar-refractivity contribution in [1.82, 2.24) is 0 Å². The summed E-state index contributed by atoms with van der Waals surface area (Å²) < 4.78 is 24.9. The molecule has 0 fully saturated rings. The molecule has 0 aliphatic carbocycles. The average Bonchev–Trinajstić information content (AvgIpc) is 2.73. The minimum absolute atomic E-state index is 0.0455. The van der Waals surface area contributed by atoms with Crippen LogP contribution < -0.4 is 10.5 Å². The lowest BCUT2D eigenvalue weighted by molar-refractivity contribution is 0.299. The Morgan fingerprint density at radius 3 is 2.79 bits per heavy atom. The molecule has 1 aromatic heterocycles. The van der Waals surface area contributed by atoms with E-state index in [0.717, 1.165) is 11.3 Å². The normalized spacial score (nSPS) is 10.8. The molecule has 102 valence electrons. The van der Waals surface area contributed by atoms with Gasteiger partial charge in [0.15, 0.2) is 0 Å². The second-order valence-electron chi connectivity index (χ2n) is 3.98. The van der Waals surface area contributed by atoms with Crippen LogP contribution in [0, 0.1) is 12.7 Å². The monoisotopic (exact) mass is 347 g/mol. The summed E-state index contributed by atoms with van der Waals surface area (Å²) in [5, 5.41) is 0.0455.